The second-order valence-corrected chi connectivity index (χ2v) is 8.30. The number of hydrogen-bond donors (Lipinski definition) is 3. The maximum Gasteiger partial charge on any atom is 0.262 e. The highest BCUT2D eigenvalue weighted by Gasteiger charge is 2.13. The Kier molecular flexibility index (Phi) is 6.24. The molecule has 0 spiro atoms. The molecule has 1 amide bonds. The summed E-state index contributed by atoms with van der Waals surface area (Å²) in [5, 5.41) is 24.7. The first-order valence-electron chi connectivity index (χ1n) is 7.56. The highest BCUT2D eigenvalue weighted by Crippen LogP contribution is 2.25. The number of H-pyrrole nitrogens is 1. The van der Waals surface area contributed by atoms with E-state index in [0.29, 0.717) is 21.3 Å². The summed E-state index contributed by atoms with van der Waals surface area (Å²) in [6.45, 7) is 2.13. The van der Waals surface area contributed by atoms with Crippen LogP contribution >= 0.6 is 34.9 Å². The SMILES string of the molecule is CCSc1nnc(NC(=O)CSc2nc3c(cnn3CCO)c(=O)[nH]2)s1. The van der Waals surface area contributed by atoms with Gasteiger partial charge >= 0.3 is 0 Å². The van der Waals surface area contributed by atoms with E-state index in [1.807, 2.05) is 6.92 Å². The lowest BCUT2D eigenvalue weighted by atomic mass is 10.4. The second kappa shape index (κ2) is 8.62. The lowest BCUT2D eigenvalue weighted by molar-refractivity contribution is -0.113. The third-order valence-corrected chi connectivity index (χ3v) is 5.78. The fourth-order valence-electron chi connectivity index (χ4n) is 2.00. The van der Waals surface area contributed by atoms with E-state index >= 15 is 0 Å². The standard InChI is InChI=1S/C13H15N7O3S3/c1-2-24-13-19-18-12(26-13)15-8(22)6-25-11-16-9-7(10(23)17-11)5-14-20(9)3-4-21/h5,21H,2-4,6H2,1H3,(H,15,18,22)(H,16,17,23). The lowest BCUT2D eigenvalue weighted by Crippen LogP contribution is -2.16. The Morgan fingerprint density at radius 3 is 3.04 bits per heavy atom. The number of thioether (sulfide) groups is 2. The van der Waals surface area contributed by atoms with Crippen LogP contribution in [0.5, 0.6) is 0 Å². The molecule has 0 unspecified atom stereocenters. The Balaban J connectivity index is 1.65. The van der Waals surface area contributed by atoms with E-state index in [0.717, 1.165) is 21.9 Å². The highest BCUT2D eigenvalue weighted by molar-refractivity contribution is 8.01. The van der Waals surface area contributed by atoms with Gasteiger partial charge in [-0.2, -0.15) is 5.10 Å². The predicted molar refractivity (Wildman–Crippen MR) is 101 cm³/mol. The Morgan fingerprint density at radius 1 is 1.42 bits per heavy atom. The van der Waals surface area contributed by atoms with Gasteiger partial charge in [-0.25, -0.2) is 9.67 Å². The topological polar surface area (TPSA) is 139 Å². The zero-order valence-corrected chi connectivity index (χ0v) is 16.1. The van der Waals surface area contributed by atoms with E-state index in [4.69, 9.17) is 5.11 Å². The van der Waals surface area contributed by atoms with Gasteiger partial charge in [0.25, 0.3) is 5.56 Å². The van der Waals surface area contributed by atoms with Crippen molar-refractivity contribution < 1.29 is 9.90 Å². The first-order valence-corrected chi connectivity index (χ1v) is 10.3. The molecule has 0 aliphatic carbocycles. The minimum atomic E-state index is -0.340. The van der Waals surface area contributed by atoms with E-state index in [1.165, 1.54) is 22.2 Å². The number of rotatable bonds is 8. The number of fused-ring (bicyclic) bond motifs is 1. The Bertz CT molecular complexity index is 967. The summed E-state index contributed by atoms with van der Waals surface area (Å²) in [6.07, 6.45) is 1.40. The second-order valence-electron chi connectivity index (χ2n) is 4.84. The summed E-state index contributed by atoms with van der Waals surface area (Å²) >= 11 is 3.96. The number of nitrogens with zero attached hydrogens (tertiary/aromatic N) is 5. The summed E-state index contributed by atoms with van der Waals surface area (Å²) in [4.78, 5) is 31.1. The number of hydrogen-bond acceptors (Lipinski definition) is 10. The van der Waals surface area contributed by atoms with E-state index in [9.17, 15) is 9.59 Å². The van der Waals surface area contributed by atoms with Crippen LogP contribution in [0.3, 0.4) is 0 Å². The zero-order chi connectivity index (χ0) is 18.5. The molecule has 3 N–H and O–H groups in total. The van der Waals surface area contributed by atoms with Gasteiger partial charge < -0.3 is 10.1 Å². The van der Waals surface area contributed by atoms with Crippen LogP contribution < -0.4 is 10.9 Å². The molecule has 26 heavy (non-hydrogen) atoms. The number of aromatic nitrogens is 6. The van der Waals surface area contributed by atoms with Gasteiger partial charge in [-0.05, 0) is 5.75 Å². The van der Waals surface area contributed by atoms with Crippen LogP contribution in [0.4, 0.5) is 5.13 Å². The molecule has 10 nitrogen and oxygen atoms in total. The van der Waals surface area contributed by atoms with Gasteiger partial charge in [0.1, 0.15) is 5.39 Å². The molecule has 3 rings (SSSR count). The van der Waals surface area contributed by atoms with Gasteiger partial charge in [0.05, 0.1) is 25.1 Å². The molecular weight excluding hydrogens is 398 g/mol. The van der Waals surface area contributed by atoms with Crippen molar-refractivity contribution in [3.8, 4) is 0 Å². The van der Waals surface area contributed by atoms with Crippen molar-refractivity contribution in [2.45, 2.75) is 23.0 Å². The molecule has 3 heterocycles. The van der Waals surface area contributed by atoms with Crippen molar-refractivity contribution in [1.82, 2.24) is 29.9 Å². The summed E-state index contributed by atoms with van der Waals surface area (Å²) in [5.74, 6) is 0.663. The fraction of sp³-hybridized carbons (Fsp3) is 0.385. The Hall–Kier alpha value is -1.96. The van der Waals surface area contributed by atoms with Crippen molar-refractivity contribution in [2.24, 2.45) is 0 Å². The molecular formula is C13H15N7O3S3. The monoisotopic (exact) mass is 413 g/mol. The molecule has 138 valence electrons. The van der Waals surface area contributed by atoms with Crippen LogP contribution in [0, 0.1) is 0 Å². The molecule has 13 heteroatoms. The van der Waals surface area contributed by atoms with Crippen LogP contribution in [0.15, 0.2) is 20.5 Å². The molecule has 0 bridgehead atoms. The number of anilines is 1. The number of aliphatic hydroxyl groups is 1. The van der Waals surface area contributed by atoms with Gasteiger partial charge in [0.15, 0.2) is 15.1 Å². The fourth-order valence-corrected chi connectivity index (χ4v) is 4.32. The van der Waals surface area contributed by atoms with E-state index < -0.39 is 0 Å². The number of carbonyl (C=O) groups is 1. The summed E-state index contributed by atoms with van der Waals surface area (Å²) < 4.78 is 2.24. The Morgan fingerprint density at radius 2 is 2.27 bits per heavy atom. The van der Waals surface area contributed by atoms with Gasteiger partial charge in [-0.15, -0.1) is 10.2 Å². The molecule has 3 aromatic rings. The number of amides is 1. The van der Waals surface area contributed by atoms with Gasteiger partial charge in [0.2, 0.25) is 11.0 Å². The van der Waals surface area contributed by atoms with Crippen LogP contribution in [-0.2, 0) is 11.3 Å². The number of aromatic amines is 1. The molecule has 0 saturated heterocycles. The molecule has 0 radical (unpaired) electrons. The van der Waals surface area contributed by atoms with E-state index in [-0.39, 0.29) is 30.4 Å². The maximum absolute atomic E-state index is 12.1. The summed E-state index contributed by atoms with van der Waals surface area (Å²) in [7, 11) is 0. The third-order valence-electron chi connectivity index (χ3n) is 3.06. The minimum absolute atomic E-state index is 0.0540. The van der Waals surface area contributed by atoms with Crippen molar-refractivity contribution >= 4 is 56.9 Å². The first-order chi connectivity index (χ1) is 12.6. The van der Waals surface area contributed by atoms with E-state index in [2.05, 4.69) is 30.6 Å². The summed E-state index contributed by atoms with van der Waals surface area (Å²) in [6, 6.07) is 0. The molecule has 0 saturated carbocycles. The molecule has 0 aromatic carbocycles. The van der Waals surface area contributed by atoms with Gasteiger partial charge in [-0.1, -0.05) is 41.8 Å². The maximum atomic E-state index is 12.1. The predicted octanol–water partition coefficient (Wildman–Crippen LogP) is 0.806. The number of aliphatic hydroxyl groups excluding tert-OH is 1. The zero-order valence-electron chi connectivity index (χ0n) is 13.6. The van der Waals surface area contributed by atoms with E-state index in [1.54, 1.807) is 11.8 Å². The Labute approximate surface area is 159 Å². The molecule has 0 fully saturated rings. The van der Waals surface area contributed by atoms with Crippen LogP contribution in [0.1, 0.15) is 6.92 Å². The van der Waals surface area contributed by atoms with Gasteiger partial charge in [-0.3, -0.25) is 14.9 Å². The normalized spacial score (nSPS) is 11.2. The van der Waals surface area contributed by atoms with Crippen molar-refractivity contribution in [2.75, 3.05) is 23.4 Å². The van der Waals surface area contributed by atoms with Crippen molar-refractivity contribution in [3.63, 3.8) is 0 Å². The minimum Gasteiger partial charge on any atom is -0.394 e. The highest BCUT2D eigenvalue weighted by atomic mass is 32.2. The third kappa shape index (κ3) is 4.41. The smallest absolute Gasteiger partial charge is 0.262 e. The molecule has 3 aromatic heterocycles. The molecule has 0 atom stereocenters. The van der Waals surface area contributed by atoms with Crippen LogP contribution in [0.2, 0.25) is 0 Å². The average molecular weight is 414 g/mol. The first kappa shape index (κ1) is 18.8. The van der Waals surface area contributed by atoms with Crippen LogP contribution in [-0.4, -0.2) is 59.1 Å². The number of nitrogens with one attached hydrogen (secondary N) is 2. The number of carbonyl (C=O) groups excluding carboxylic acids is 1. The average Bonchev–Trinajstić information content (AvgIpc) is 3.21. The summed E-state index contributed by atoms with van der Waals surface area (Å²) in [5.41, 5.74) is 0.0310. The van der Waals surface area contributed by atoms with Crippen LogP contribution in [0.25, 0.3) is 11.0 Å². The quantitative estimate of drug-likeness (QED) is 0.278. The van der Waals surface area contributed by atoms with Crippen molar-refractivity contribution in [3.05, 3.63) is 16.6 Å². The lowest BCUT2D eigenvalue weighted by Gasteiger charge is -2.03. The van der Waals surface area contributed by atoms with Gasteiger partial charge in [0, 0.05) is 0 Å². The largest absolute Gasteiger partial charge is 0.394 e. The molecule has 0 aliphatic heterocycles. The molecule has 0 aliphatic rings. The van der Waals surface area contributed by atoms with Crippen molar-refractivity contribution in [1.29, 1.82) is 0 Å².